The van der Waals surface area contributed by atoms with Crippen LogP contribution >= 0.6 is 24.0 Å². The van der Waals surface area contributed by atoms with Crippen molar-refractivity contribution in [2.75, 3.05) is 12.8 Å². The van der Waals surface area contributed by atoms with E-state index in [1.165, 1.54) is 12.8 Å². The molecule has 0 spiro atoms. The van der Waals surface area contributed by atoms with Crippen LogP contribution in [0.4, 0.5) is 0 Å². The average molecular weight is 204 g/mol. The molecule has 0 aromatic rings. The van der Waals surface area contributed by atoms with Crippen LogP contribution in [0.5, 0.6) is 0 Å². The quantitative estimate of drug-likeness (QED) is 0.675. The van der Waals surface area contributed by atoms with Gasteiger partial charge in [0, 0.05) is 17.8 Å². The minimum absolute atomic E-state index is 0.629. The second kappa shape index (κ2) is 4.92. The Balaban J connectivity index is 2.00. The lowest BCUT2D eigenvalue weighted by Crippen LogP contribution is -2.39. The average Bonchev–Trinajstić information content (AvgIpc) is 2.84. The van der Waals surface area contributed by atoms with E-state index in [0.717, 1.165) is 11.7 Å². The molecule has 1 unspecified atom stereocenters. The van der Waals surface area contributed by atoms with Crippen LogP contribution in [0, 0.1) is 0 Å². The van der Waals surface area contributed by atoms with Gasteiger partial charge >= 0.3 is 0 Å². The molecule has 1 fully saturated rings. The van der Waals surface area contributed by atoms with Crippen LogP contribution in [0.1, 0.15) is 19.8 Å². The highest BCUT2D eigenvalue weighted by Crippen LogP contribution is 2.18. The first kappa shape index (κ1) is 10.1. The molecule has 1 rings (SSSR count). The van der Waals surface area contributed by atoms with Crippen LogP contribution in [0.25, 0.3) is 0 Å². The molecule has 0 aromatic heterocycles. The van der Waals surface area contributed by atoms with E-state index in [-0.39, 0.29) is 0 Å². The van der Waals surface area contributed by atoms with Crippen molar-refractivity contribution in [1.29, 1.82) is 0 Å². The molecule has 0 heterocycles. The number of rotatable bonds is 4. The summed E-state index contributed by atoms with van der Waals surface area (Å²) in [5.74, 6) is 0. The maximum absolute atomic E-state index is 5.11. The Bertz CT molecular complexity index is 157. The molecule has 0 aromatic carbocycles. The van der Waals surface area contributed by atoms with Crippen molar-refractivity contribution in [3.05, 3.63) is 0 Å². The summed E-state index contributed by atoms with van der Waals surface area (Å²) in [7, 11) is 0. The molecule has 0 bridgehead atoms. The molecule has 1 atom stereocenters. The molecule has 0 aliphatic heterocycles. The minimum Gasteiger partial charge on any atom is -0.362 e. The molecular formula is C8H16N2S2. The molecule has 1 saturated carbocycles. The van der Waals surface area contributed by atoms with E-state index in [0.29, 0.717) is 11.3 Å². The predicted molar refractivity (Wildman–Crippen MR) is 59.7 cm³/mol. The Morgan fingerprint density at radius 3 is 2.83 bits per heavy atom. The minimum atomic E-state index is 0.629. The molecule has 1 aliphatic carbocycles. The van der Waals surface area contributed by atoms with Gasteiger partial charge in [-0.3, -0.25) is 0 Å². The van der Waals surface area contributed by atoms with Gasteiger partial charge in [0.05, 0.1) is 0 Å². The Hall–Kier alpha value is 0.0400. The van der Waals surface area contributed by atoms with Crippen LogP contribution in [-0.2, 0) is 0 Å². The van der Waals surface area contributed by atoms with E-state index in [4.69, 9.17) is 12.2 Å². The van der Waals surface area contributed by atoms with Gasteiger partial charge in [0.15, 0.2) is 5.11 Å². The summed E-state index contributed by atoms with van der Waals surface area (Å²) < 4.78 is 0. The summed E-state index contributed by atoms with van der Waals surface area (Å²) in [5.41, 5.74) is 0. The third-order valence-corrected chi connectivity index (χ3v) is 3.10. The van der Waals surface area contributed by atoms with E-state index in [2.05, 4.69) is 23.8 Å². The standard InChI is InChI=1S/C8H16N2S2/c1-6(12-2)5-9-8(11)10-7-3-4-7/h6-7H,3-5H2,1-2H3,(H2,9,10,11). The van der Waals surface area contributed by atoms with E-state index in [9.17, 15) is 0 Å². The molecule has 0 radical (unpaired) electrons. The Morgan fingerprint density at radius 1 is 1.67 bits per heavy atom. The van der Waals surface area contributed by atoms with E-state index < -0.39 is 0 Å². The van der Waals surface area contributed by atoms with Crippen molar-refractivity contribution in [2.45, 2.75) is 31.1 Å². The van der Waals surface area contributed by atoms with Crippen molar-refractivity contribution in [3.8, 4) is 0 Å². The number of hydrogen-bond donors (Lipinski definition) is 2. The molecular weight excluding hydrogens is 188 g/mol. The van der Waals surface area contributed by atoms with Gasteiger partial charge in [-0.05, 0) is 31.3 Å². The van der Waals surface area contributed by atoms with Crippen LogP contribution in [0.2, 0.25) is 0 Å². The molecule has 2 nitrogen and oxygen atoms in total. The molecule has 0 amide bonds. The number of nitrogens with one attached hydrogen (secondary N) is 2. The second-order valence-corrected chi connectivity index (χ2v) is 4.86. The predicted octanol–water partition coefficient (Wildman–Crippen LogP) is 1.36. The second-order valence-electron chi connectivity index (χ2n) is 3.17. The molecule has 1 aliphatic rings. The van der Waals surface area contributed by atoms with E-state index in [1.54, 1.807) is 0 Å². The van der Waals surface area contributed by atoms with Gasteiger partial charge in [-0.2, -0.15) is 11.8 Å². The lowest BCUT2D eigenvalue weighted by Gasteiger charge is -2.12. The summed E-state index contributed by atoms with van der Waals surface area (Å²) in [5, 5.41) is 7.90. The molecule has 4 heteroatoms. The van der Waals surface area contributed by atoms with Crippen molar-refractivity contribution in [3.63, 3.8) is 0 Å². The van der Waals surface area contributed by atoms with Crippen LogP contribution in [0.3, 0.4) is 0 Å². The van der Waals surface area contributed by atoms with Gasteiger partial charge in [-0.25, -0.2) is 0 Å². The van der Waals surface area contributed by atoms with Gasteiger partial charge in [0.2, 0.25) is 0 Å². The molecule has 70 valence electrons. The van der Waals surface area contributed by atoms with Crippen molar-refractivity contribution >= 4 is 29.1 Å². The van der Waals surface area contributed by atoms with Crippen molar-refractivity contribution in [1.82, 2.24) is 10.6 Å². The highest BCUT2D eigenvalue weighted by atomic mass is 32.2. The summed E-state index contributed by atoms with van der Waals surface area (Å²) >= 11 is 6.96. The third-order valence-electron chi connectivity index (χ3n) is 1.87. The first-order chi connectivity index (χ1) is 5.72. The Kier molecular flexibility index (Phi) is 4.15. The van der Waals surface area contributed by atoms with E-state index >= 15 is 0 Å². The zero-order chi connectivity index (χ0) is 8.97. The summed E-state index contributed by atoms with van der Waals surface area (Å²) in [6.07, 6.45) is 4.67. The maximum Gasteiger partial charge on any atom is 0.166 e. The summed E-state index contributed by atoms with van der Waals surface area (Å²) in [6, 6.07) is 0.662. The summed E-state index contributed by atoms with van der Waals surface area (Å²) in [4.78, 5) is 0. The fraction of sp³-hybridized carbons (Fsp3) is 0.875. The Morgan fingerprint density at radius 2 is 2.33 bits per heavy atom. The van der Waals surface area contributed by atoms with Gasteiger partial charge in [-0.1, -0.05) is 6.92 Å². The molecule has 0 saturated heterocycles. The number of thiocarbonyl (C=S) groups is 1. The largest absolute Gasteiger partial charge is 0.362 e. The van der Waals surface area contributed by atoms with Gasteiger partial charge in [0.25, 0.3) is 0 Å². The van der Waals surface area contributed by atoms with Gasteiger partial charge in [-0.15, -0.1) is 0 Å². The molecule has 2 N–H and O–H groups in total. The van der Waals surface area contributed by atoms with Crippen LogP contribution < -0.4 is 10.6 Å². The van der Waals surface area contributed by atoms with Crippen LogP contribution in [-0.4, -0.2) is 29.2 Å². The van der Waals surface area contributed by atoms with E-state index in [1.807, 2.05) is 11.8 Å². The lowest BCUT2D eigenvalue weighted by atomic mass is 10.5. The first-order valence-corrected chi connectivity index (χ1v) is 5.99. The Labute approximate surface area is 83.9 Å². The van der Waals surface area contributed by atoms with Gasteiger partial charge in [0.1, 0.15) is 0 Å². The fourth-order valence-electron chi connectivity index (χ4n) is 0.784. The van der Waals surface area contributed by atoms with Crippen molar-refractivity contribution < 1.29 is 0 Å². The normalized spacial score (nSPS) is 18.5. The lowest BCUT2D eigenvalue weighted by molar-refractivity contribution is 0.808. The smallest absolute Gasteiger partial charge is 0.166 e. The monoisotopic (exact) mass is 204 g/mol. The topological polar surface area (TPSA) is 24.1 Å². The van der Waals surface area contributed by atoms with Crippen LogP contribution in [0.15, 0.2) is 0 Å². The highest BCUT2D eigenvalue weighted by Gasteiger charge is 2.21. The fourth-order valence-corrected chi connectivity index (χ4v) is 1.28. The third kappa shape index (κ3) is 4.16. The SMILES string of the molecule is CSC(C)CNC(=S)NC1CC1. The zero-order valence-corrected chi connectivity index (χ0v) is 9.23. The highest BCUT2D eigenvalue weighted by molar-refractivity contribution is 7.99. The first-order valence-electron chi connectivity index (χ1n) is 4.29. The number of thioether (sulfide) groups is 1. The summed E-state index contributed by atoms with van der Waals surface area (Å²) in [6.45, 7) is 3.15. The van der Waals surface area contributed by atoms with Crippen molar-refractivity contribution in [2.24, 2.45) is 0 Å². The zero-order valence-electron chi connectivity index (χ0n) is 7.59. The maximum atomic E-state index is 5.11. The number of hydrogen-bond acceptors (Lipinski definition) is 2. The molecule has 12 heavy (non-hydrogen) atoms. The van der Waals surface area contributed by atoms with Gasteiger partial charge < -0.3 is 10.6 Å².